The van der Waals surface area contributed by atoms with Crippen LogP contribution in [0.3, 0.4) is 0 Å². The summed E-state index contributed by atoms with van der Waals surface area (Å²) in [7, 11) is 0. The average Bonchev–Trinajstić information content (AvgIpc) is 3.18. The number of allylic oxidation sites excluding steroid dienone is 1. The third-order valence-corrected chi connectivity index (χ3v) is 5.05. The van der Waals surface area contributed by atoms with E-state index in [4.69, 9.17) is 9.47 Å². The van der Waals surface area contributed by atoms with Crippen LogP contribution in [0.15, 0.2) is 53.7 Å². The second kappa shape index (κ2) is 8.70. The van der Waals surface area contributed by atoms with Crippen LogP contribution < -0.4 is 10.1 Å². The lowest BCUT2D eigenvalue weighted by Gasteiger charge is -2.28. The minimum absolute atomic E-state index is 0.00580. The molecule has 0 saturated heterocycles. The highest BCUT2D eigenvalue weighted by Gasteiger charge is 2.35. The number of esters is 1. The number of halogens is 1. The van der Waals surface area contributed by atoms with Gasteiger partial charge in [-0.2, -0.15) is 4.98 Å². The summed E-state index contributed by atoms with van der Waals surface area (Å²) in [4.78, 5) is 17.4. The quantitative estimate of drug-likeness (QED) is 0.561. The van der Waals surface area contributed by atoms with E-state index >= 15 is 0 Å². The van der Waals surface area contributed by atoms with E-state index in [2.05, 4.69) is 15.4 Å². The highest BCUT2D eigenvalue weighted by molar-refractivity contribution is 5.92. The molecule has 1 aliphatic heterocycles. The first kappa shape index (κ1) is 21.4. The predicted octanol–water partition coefficient (Wildman–Crippen LogP) is 4.04. The van der Waals surface area contributed by atoms with E-state index in [1.165, 1.54) is 18.2 Å². The van der Waals surface area contributed by atoms with Crippen molar-refractivity contribution >= 4 is 11.9 Å². The van der Waals surface area contributed by atoms with Crippen LogP contribution >= 0.6 is 0 Å². The number of anilines is 1. The Bertz CT molecular complexity index is 1190. The molecule has 166 valence electrons. The number of rotatable bonds is 6. The first-order valence-corrected chi connectivity index (χ1v) is 10.3. The van der Waals surface area contributed by atoms with Crippen molar-refractivity contribution in [3.8, 4) is 22.9 Å². The highest BCUT2D eigenvalue weighted by Crippen LogP contribution is 2.39. The van der Waals surface area contributed by atoms with Crippen LogP contribution in [0.4, 0.5) is 10.3 Å². The maximum absolute atomic E-state index is 13.4. The number of fused-ring (bicyclic) bond motifs is 1. The molecule has 0 bridgehead atoms. The van der Waals surface area contributed by atoms with Gasteiger partial charge in [0.05, 0.1) is 18.8 Å². The fourth-order valence-electron chi connectivity index (χ4n) is 3.63. The number of phenolic OH excluding ortho intramolecular Hbond substituents is 1. The summed E-state index contributed by atoms with van der Waals surface area (Å²) in [5.41, 5.74) is 2.23. The van der Waals surface area contributed by atoms with Crippen molar-refractivity contribution in [1.82, 2.24) is 14.8 Å². The standard InChI is InChI=1S/C23H23FN4O4/c1-4-31-18-12-15(8-11-17(18)29)20-19(22(30)32-5-2)13(3)25-23-26-21(27-28(20)23)14-6-9-16(24)10-7-14/h6-12,20,29H,4-5H2,1-3H3,(H,25,26,27). The molecular formula is C23H23FN4O4. The molecule has 0 fully saturated rings. The van der Waals surface area contributed by atoms with Gasteiger partial charge in [-0.15, -0.1) is 5.10 Å². The normalized spacial score (nSPS) is 15.2. The number of phenols is 1. The molecule has 2 heterocycles. The average molecular weight is 438 g/mol. The molecule has 8 nitrogen and oxygen atoms in total. The van der Waals surface area contributed by atoms with Gasteiger partial charge in [-0.25, -0.2) is 13.9 Å². The molecule has 2 aromatic carbocycles. The highest BCUT2D eigenvalue weighted by atomic mass is 19.1. The molecule has 2 N–H and O–H groups in total. The van der Waals surface area contributed by atoms with Gasteiger partial charge in [-0.3, -0.25) is 0 Å². The van der Waals surface area contributed by atoms with Crippen LogP contribution in [0.5, 0.6) is 11.5 Å². The fourth-order valence-corrected chi connectivity index (χ4v) is 3.63. The van der Waals surface area contributed by atoms with Gasteiger partial charge in [0.25, 0.3) is 0 Å². The zero-order valence-corrected chi connectivity index (χ0v) is 17.9. The van der Waals surface area contributed by atoms with E-state index in [1.807, 2.05) is 6.92 Å². The lowest BCUT2D eigenvalue weighted by molar-refractivity contribution is -0.139. The number of nitrogens with one attached hydrogen (secondary N) is 1. The summed E-state index contributed by atoms with van der Waals surface area (Å²) in [6, 6.07) is 10.1. The van der Waals surface area contributed by atoms with Crippen molar-refractivity contribution in [3.05, 3.63) is 65.1 Å². The third-order valence-electron chi connectivity index (χ3n) is 5.05. The number of hydrogen-bond acceptors (Lipinski definition) is 7. The molecule has 32 heavy (non-hydrogen) atoms. The van der Waals surface area contributed by atoms with Crippen molar-refractivity contribution in [2.75, 3.05) is 18.5 Å². The largest absolute Gasteiger partial charge is 0.504 e. The van der Waals surface area contributed by atoms with E-state index in [-0.39, 0.29) is 18.2 Å². The Hall–Kier alpha value is -3.88. The summed E-state index contributed by atoms with van der Waals surface area (Å²) < 4.78 is 25.8. The van der Waals surface area contributed by atoms with Gasteiger partial charge >= 0.3 is 5.97 Å². The molecule has 1 atom stereocenters. The molecule has 0 amide bonds. The maximum atomic E-state index is 13.4. The third kappa shape index (κ3) is 3.89. The molecule has 0 aliphatic carbocycles. The van der Waals surface area contributed by atoms with Crippen LogP contribution in [0.1, 0.15) is 32.4 Å². The summed E-state index contributed by atoms with van der Waals surface area (Å²) in [5, 5.41) is 17.9. The van der Waals surface area contributed by atoms with Gasteiger partial charge in [0.15, 0.2) is 17.3 Å². The first-order valence-electron chi connectivity index (χ1n) is 10.3. The van der Waals surface area contributed by atoms with Gasteiger partial charge in [-0.1, -0.05) is 6.07 Å². The summed E-state index contributed by atoms with van der Waals surface area (Å²) >= 11 is 0. The monoisotopic (exact) mass is 438 g/mol. The van der Waals surface area contributed by atoms with Crippen molar-refractivity contribution in [2.45, 2.75) is 26.8 Å². The van der Waals surface area contributed by atoms with E-state index in [1.54, 1.807) is 42.8 Å². The lowest BCUT2D eigenvalue weighted by atomic mass is 9.95. The molecule has 1 aliphatic rings. The van der Waals surface area contributed by atoms with Crippen LogP contribution in [-0.2, 0) is 9.53 Å². The lowest BCUT2D eigenvalue weighted by Crippen LogP contribution is -2.29. The Kier molecular flexibility index (Phi) is 5.81. The molecule has 0 spiro atoms. The topological polar surface area (TPSA) is 98.5 Å². The maximum Gasteiger partial charge on any atom is 0.338 e. The van der Waals surface area contributed by atoms with Crippen LogP contribution in [0.25, 0.3) is 11.4 Å². The van der Waals surface area contributed by atoms with Crippen LogP contribution in [-0.4, -0.2) is 39.1 Å². The molecule has 1 aromatic heterocycles. The number of carbonyl (C=O) groups is 1. The molecule has 4 rings (SSSR count). The number of aromatic nitrogens is 3. The van der Waals surface area contributed by atoms with Gasteiger partial charge in [0.2, 0.25) is 5.95 Å². The predicted molar refractivity (Wildman–Crippen MR) is 116 cm³/mol. The van der Waals surface area contributed by atoms with Crippen molar-refractivity contribution in [2.24, 2.45) is 0 Å². The first-order chi connectivity index (χ1) is 15.4. The number of nitrogens with zero attached hydrogens (tertiary/aromatic N) is 3. The van der Waals surface area contributed by atoms with Crippen molar-refractivity contribution < 1.29 is 23.8 Å². The van der Waals surface area contributed by atoms with Gasteiger partial charge < -0.3 is 19.9 Å². The molecular weight excluding hydrogens is 415 g/mol. The number of carbonyl (C=O) groups excluding carboxylic acids is 1. The SMILES string of the molecule is CCOC(=O)C1=C(C)Nc2nc(-c3ccc(F)cc3)nn2C1c1ccc(O)c(OCC)c1. The summed E-state index contributed by atoms with van der Waals surface area (Å²) in [6.45, 7) is 5.90. The Morgan fingerprint density at radius 3 is 2.62 bits per heavy atom. The van der Waals surface area contributed by atoms with Gasteiger partial charge in [-0.05, 0) is 62.7 Å². The minimum atomic E-state index is -0.674. The van der Waals surface area contributed by atoms with E-state index in [9.17, 15) is 14.3 Å². The smallest absolute Gasteiger partial charge is 0.338 e. The number of benzene rings is 2. The van der Waals surface area contributed by atoms with Gasteiger partial charge in [0.1, 0.15) is 11.9 Å². The van der Waals surface area contributed by atoms with Crippen molar-refractivity contribution in [1.29, 1.82) is 0 Å². The Labute approximate surface area is 184 Å². The molecule has 9 heteroatoms. The van der Waals surface area contributed by atoms with Crippen LogP contribution in [0, 0.1) is 5.82 Å². The molecule has 1 unspecified atom stereocenters. The Morgan fingerprint density at radius 1 is 1.19 bits per heavy atom. The fraction of sp³-hybridized carbons (Fsp3) is 0.261. The number of ether oxygens (including phenoxy) is 2. The molecule has 0 radical (unpaired) electrons. The second-order valence-electron chi connectivity index (χ2n) is 7.16. The zero-order chi connectivity index (χ0) is 22.8. The zero-order valence-electron chi connectivity index (χ0n) is 17.9. The Balaban J connectivity index is 1.87. The molecule has 3 aromatic rings. The molecule has 0 saturated carbocycles. The minimum Gasteiger partial charge on any atom is -0.504 e. The van der Waals surface area contributed by atoms with Crippen LogP contribution in [0.2, 0.25) is 0 Å². The van der Waals surface area contributed by atoms with E-state index in [0.29, 0.717) is 46.5 Å². The van der Waals surface area contributed by atoms with Crippen molar-refractivity contribution in [3.63, 3.8) is 0 Å². The second-order valence-corrected chi connectivity index (χ2v) is 7.16. The summed E-state index contributed by atoms with van der Waals surface area (Å²) in [6.07, 6.45) is 0. The van der Waals surface area contributed by atoms with E-state index in [0.717, 1.165) is 0 Å². The summed E-state index contributed by atoms with van der Waals surface area (Å²) in [5.74, 6) is 0.241. The Morgan fingerprint density at radius 2 is 1.94 bits per heavy atom. The number of hydrogen-bond donors (Lipinski definition) is 2. The van der Waals surface area contributed by atoms with E-state index < -0.39 is 12.0 Å². The number of aromatic hydroxyl groups is 1. The van der Waals surface area contributed by atoms with Gasteiger partial charge in [0, 0.05) is 11.3 Å².